The van der Waals surface area contributed by atoms with Gasteiger partial charge in [-0.25, -0.2) is 4.98 Å². The molecule has 0 spiro atoms. The topological polar surface area (TPSA) is 82.9 Å². The molecule has 0 radical (unpaired) electrons. The molecule has 4 nitrogen and oxygen atoms in total. The zero-order valence-corrected chi connectivity index (χ0v) is 8.41. The monoisotopic (exact) mass is 211 g/mol. The molecule has 0 amide bonds. The van der Waals surface area contributed by atoms with Crippen molar-refractivity contribution in [2.24, 2.45) is 5.73 Å². The van der Waals surface area contributed by atoms with E-state index < -0.39 is 5.54 Å². The molecule has 0 saturated carbocycles. The van der Waals surface area contributed by atoms with Crippen LogP contribution in [-0.4, -0.2) is 16.7 Å². The summed E-state index contributed by atoms with van der Waals surface area (Å²) in [5.41, 5.74) is 5.64. The normalized spacial score (nSPS) is 14.5. The Morgan fingerprint density at radius 1 is 1.79 bits per heavy atom. The lowest BCUT2D eigenvalue weighted by atomic mass is 9.92. The summed E-state index contributed by atoms with van der Waals surface area (Å²) < 4.78 is 0. The number of rotatable bonds is 2. The van der Waals surface area contributed by atoms with E-state index in [1.165, 1.54) is 12.3 Å². The number of halogens is 1. The van der Waals surface area contributed by atoms with Crippen molar-refractivity contribution in [1.29, 1.82) is 5.26 Å². The summed E-state index contributed by atoms with van der Waals surface area (Å²) in [6.45, 7) is 1.36. The van der Waals surface area contributed by atoms with Gasteiger partial charge in [-0.1, -0.05) is 11.6 Å². The maximum atomic E-state index is 9.04. The molecule has 1 heterocycles. The van der Waals surface area contributed by atoms with Gasteiger partial charge in [-0.15, -0.1) is 0 Å². The molecule has 0 aromatic carbocycles. The first-order valence-electron chi connectivity index (χ1n) is 3.97. The Balaban J connectivity index is 3.29. The standard InChI is InChI=1S/C9H10ClN3O/c1-9(12,5-14)7-4-13-8(10)2-6(7)3-11/h2,4,14H,5,12H2,1H3. The highest BCUT2D eigenvalue weighted by molar-refractivity contribution is 6.29. The fourth-order valence-electron chi connectivity index (χ4n) is 1.06. The van der Waals surface area contributed by atoms with Gasteiger partial charge in [0.15, 0.2) is 0 Å². The van der Waals surface area contributed by atoms with Crippen LogP contribution in [-0.2, 0) is 5.54 Å². The predicted molar refractivity (Wildman–Crippen MR) is 52.6 cm³/mol. The van der Waals surface area contributed by atoms with Gasteiger partial charge in [0.25, 0.3) is 0 Å². The fraction of sp³-hybridized carbons (Fsp3) is 0.333. The Hall–Kier alpha value is -1.15. The zero-order chi connectivity index (χ0) is 10.8. The van der Waals surface area contributed by atoms with Gasteiger partial charge in [-0.3, -0.25) is 0 Å². The van der Waals surface area contributed by atoms with Crippen molar-refractivity contribution in [3.05, 3.63) is 28.5 Å². The summed E-state index contributed by atoms with van der Waals surface area (Å²) in [6, 6.07) is 3.39. The molecule has 0 aliphatic heterocycles. The van der Waals surface area contributed by atoms with Crippen molar-refractivity contribution in [3.63, 3.8) is 0 Å². The van der Waals surface area contributed by atoms with E-state index in [4.69, 9.17) is 27.7 Å². The Labute approximate surface area is 86.9 Å². The number of aliphatic hydroxyl groups excluding tert-OH is 1. The lowest BCUT2D eigenvalue weighted by Crippen LogP contribution is -2.37. The molecule has 74 valence electrons. The number of aliphatic hydroxyl groups is 1. The summed E-state index contributed by atoms with van der Waals surface area (Å²) in [5.74, 6) is 0. The van der Waals surface area contributed by atoms with Crippen molar-refractivity contribution in [1.82, 2.24) is 4.98 Å². The summed E-state index contributed by atoms with van der Waals surface area (Å²) >= 11 is 5.62. The van der Waals surface area contributed by atoms with Crippen molar-refractivity contribution in [3.8, 4) is 6.07 Å². The summed E-state index contributed by atoms with van der Waals surface area (Å²) in [5, 5.41) is 18.1. The van der Waals surface area contributed by atoms with Crippen molar-refractivity contribution < 1.29 is 5.11 Å². The van der Waals surface area contributed by atoms with Gasteiger partial charge in [0.1, 0.15) is 5.15 Å². The molecule has 1 aromatic heterocycles. The van der Waals surface area contributed by atoms with Gasteiger partial charge < -0.3 is 10.8 Å². The van der Waals surface area contributed by atoms with Crippen molar-refractivity contribution in [2.45, 2.75) is 12.5 Å². The van der Waals surface area contributed by atoms with Crippen molar-refractivity contribution in [2.75, 3.05) is 6.61 Å². The van der Waals surface area contributed by atoms with Crippen LogP contribution in [0.5, 0.6) is 0 Å². The molecule has 0 saturated heterocycles. The third-order valence-electron chi connectivity index (χ3n) is 1.93. The molecule has 0 aliphatic rings. The highest BCUT2D eigenvalue weighted by atomic mass is 35.5. The molecule has 0 aliphatic carbocycles. The Bertz CT molecular complexity index is 384. The zero-order valence-electron chi connectivity index (χ0n) is 7.66. The second-order valence-corrected chi connectivity index (χ2v) is 3.63. The third-order valence-corrected chi connectivity index (χ3v) is 2.14. The first-order chi connectivity index (χ1) is 6.51. The number of pyridine rings is 1. The van der Waals surface area contributed by atoms with Gasteiger partial charge in [0.05, 0.1) is 23.8 Å². The SMILES string of the molecule is CC(N)(CO)c1cnc(Cl)cc1C#N. The van der Waals surface area contributed by atoms with E-state index in [1.54, 1.807) is 6.92 Å². The predicted octanol–water partition coefficient (Wildman–Crippen LogP) is 0.773. The van der Waals surface area contributed by atoms with Gasteiger partial charge in [-0.2, -0.15) is 5.26 Å². The number of nitrogens with zero attached hydrogens (tertiary/aromatic N) is 2. The number of nitriles is 1. The number of hydrogen-bond acceptors (Lipinski definition) is 4. The molecule has 1 atom stereocenters. The van der Waals surface area contributed by atoms with E-state index in [1.807, 2.05) is 6.07 Å². The largest absolute Gasteiger partial charge is 0.394 e. The highest BCUT2D eigenvalue weighted by Crippen LogP contribution is 2.22. The van der Waals surface area contributed by atoms with E-state index in [9.17, 15) is 0 Å². The molecule has 1 rings (SSSR count). The highest BCUT2D eigenvalue weighted by Gasteiger charge is 2.24. The van der Waals surface area contributed by atoms with Crippen LogP contribution in [0.4, 0.5) is 0 Å². The number of aromatic nitrogens is 1. The van der Waals surface area contributed by atoms with E-state index in [-0.39, 0.29) is 11.8 Å². The first-order valence-corrected chi connectivity index (χ1v) is 4.35. The van der Waals surface area contributed by atoms with Gasteiger partial charge in [-0.05, 0) is 13.0 Å². The van der Waals surface area contributed by atoms with E-state index in [2.05, 4.69) is 4.98 Å². The van der Waals surface area contributed by atoms with E-state index in [0.717, 1.165) is 0 Å². The maximum Gasteiger partial charge on any atom is 0.130 e. The summed E-state index contributed by atoms with van der Waals surface area (Å²) in [4.78, 5) is 3.83. The van der Waals surface area contributed by atoms with Crippen LogP contribution in [0.15, 0.2) is 12.3 Å². The van der Waals surface area contributed by atoms with Crippen LogP contribution in [0.1, 0.15) is 18.1 Å². The van der Waals surface area contributed by atoms with E-state index in [0.29, 0.717) is 11.1 Å². The van der Waals surface area contributed by atoms with Crippen molar-refractivity contribution >= 4 is 11.6 Å². The van der Waals surface area contributed by atoms with Gasteiger partial charge in [0.2, 0.25) is 0 Å². The number of hydrogen-bond donors (Lipinski definition) is 2. The molecular weight excluding hydrogens is 202 g/mol. The van der Waals surface area contributed by atoms with Crippen LogP contribution < -0.4 is 5.73 Å². The third kappa shape index (κ3) is 2.02. The van der Waals surface area contributed by atoms with E-state index >= 15 is 0 Å². The summed E-state index contributed by atoms with van der Waals surface area (Å²) in [6.07, 6.45) is 1.41. The average molecular weight is 212 g/mol. The average Bonchev–Trinajstić information content (AvgIpc) is 2.17. The molecule has 0 bridgehead atoms. The molecule has 14 heavy (non-hydrogen) atoms. The minimum absolute atomic E-state index is 0.235. The molecule has 1 unspecified atom stereocenters. The number of nitrogens with two attached hydrogens (primary N) is 1. The first kappa shape index (κ1) is 10.9. The van der Waals surface area contributed by atoms with Crippen LogP contribution in [0.3, 0.4) is 0 Å². The minimum atomic E-state index is -0.970. The lowest BCUT2D eigenvalue weighted by Gasteiger charge is -2.22. The van der Waals surface area contributed by atoms with Crippen LogP contribution in [0.2, 0.25) is 5.15 Å². The summed E-state index contributed by atoms with van der Waals surface area (Å²) in [7, 11) is 0. The van der Waals surface area contributed by atoms with Gasteiger partial charge >= 0.3 is 0 Å². The van der Waals surface area contributed by atoms with Gasteiger partial charge in [0, 0.05) is 11.8 Å². The quantitative estimate of drug-likeness (QED) is 0.708. The molecule has 0 fully saturated rings. The fourth-order valence-corrected chi connectivity index (χ4v) is 1.22. The molecule has 1 aromatic rings. The minimum Gasteiger partial charge on any atom is -0.394 e. The second kappa shape index (κ2) is 3.93. The molecule has 5 heteroatoms. The Morgan fingerprint density at radius 2 is 2.43 bits per heavy atom. The van der Waals surface area contributed by atoms with Crippen LogP contribution >= 0.6 is 11.6 Å². The Kier molecular flexibility index (Phi) is 3.06. The van der Waals surface area contributed by atoms with Crippen LogP contribution in [0, 0.1) is 11.3 Å². The maximum absolute atomic E-state index is 9.04. The molecule has 3 N–H and O–H groups in total. The lowest BCUT2D eigenvalue weighted by molar-refractivity contribution is 0.209. The Morgan fingerprint density at radius 3 is 2.93 bits per heavy atom. The second-order valence-electron chi connectivity index (χ2n) is 3.24. The van der Waals surface area contributed by atoms with Crippen LogP contribution in [0.25, 0.3) is 0 Å². The smallest absolute Gasteiger partial charge is 0.130 e. The molecular formula is C9H10ClN3O.